The molecule has 4 nitrogen and oxygen atoms in total. The first-order valence-electron chi connectivity index (χ1n) is 8.58. The SMILES string of the molecule is CCOc1ccc(Br)cc1CN(C(=O)CNCC1CC1)C1CC1.Cl. The normalized spacial score (nSPS) is 16.4. The summed E-state index contributed by atoms with van der Waals surface area (Å²) in [7, 11) is 0. The zero-order valence-corrected chi connectivity index (χ0v) is 16.5. The Morgan fingerprint density at radius 2 is 2.08 bits per heavy atom. The average molecular weight is 418 g/mol. The molecule has 6 heteroatoms. The van der Waals surface area contributed by atoms with Gasteiger partial charge >= 0.3 is 0 Å². The Morgan fingerprint density at radius 3 is 2.71 bits per heavy atom. The van der Waals surface area contributed by atoms with Crippen molar-refractivity contribution in [2.45, 2.75) is 45.2 Å². The second-order valence-corrected chi connectivity index (χ2v) is 7.43. The van der Waals surface area contributed by atoms with Gasteiger partial charge in [-0.25, -0.2) is 0 Å². The van der Waals surface area contributed by atoms with Gasteiger partial charge in [-0.2, -0.15) is 0 Å². The van der Waals surface area contributed by atoms with Crippen LogP contribution in [0.1, 0.15) is 38.2 Å². The molecule has 0 spiro atoms. The Labute approximate surface area is 158 Å². The molecule has 2 aliphatic rings. The largest absolute Gasteiger partial charge is 0.494 e. The van der Waals surface area contributed by atoms with Crippen molar-refractivity contribution >= 4 is 34.2 Å². The topological polar surface area (TPSA) is 41.6 Å². The smallest absolute Gasteiger partial charge is 0.237 e. The Balaban J connectivity index is 0.00000208. The monoisotopic (exact) mass is 416 g/mol. The van der Waals surface area contributed by atoms with Gasteiger partial charge in [0.05, 0.1) is 13.2 Å². The van der Waals surface area contributed by atoms with E-state index in [1.165, 1.54) is 12.8 Å². The Hall–Kier alpha value is -0.780. The molecule has 1 N–H and O–H groups in total. The van der Waals surface area contributed by atoms with E-state index in [9.17, 15) is 4.79 Å². The zero-order valence-electron chi connectivity index (χ0n) is 14.1. The zero-order chi connectivity index (χ0) is 16.2. The lowest BCUT2D eigenvalue weighted by Crippen LogP contribution is -2.39. The molecule has 2 aliphatic carbocycles. The molecule has 134 valence electrons. The molecular weight excluding hydrogens is 392 g/mol. The lowest BCUT2D eigenvalue weighted by atomic mass is 10.2. The average Bonchev–Trinajstić information content (AvgIpc) is 3.40. The fraction of sp³-hybridized carbons (Fsp3) is 0.611. The van der Waals surface area contributed by atoms with Gasteiger partial charge in [-0.05, 0) is 63.3 Å². The van der Waals surface area contributed by atoms with Crippen molar-refractivity contribution in [2.75, 3.05) is 19.7 Å². The Kier molecular flexibility index (Phi) is 7.38. The summed E-state index contributed by atoms with van der Waals surface area (Å²) in [5.41, 5.74) is 1.07. The molecule has 0 atom stereocenters. The molecule has 0 aromatic heterocycles. The predicted octanol–water partition coefficient (Wildman–Crippen LogP) is 3.76. The van der Waals surface area contributed by atoms with Gasteiger partial charge in [0.1, 0.15) is 5.75 Å². The molecule has 1 aromatic rings. The van der Waals surface area contributed by atoms with Gasteiger partial charge in [0.25, 0.3) is 0 Å². The van der Waals surface area contributed by atoms with E-state index in [1.807, 2.05) is 24.0 Å². The molecule has 2 saturated carbocycles. The van der Waals surface area contributed by atoms with Crippen LogP contribution in [0, 0.1) is 5.92 Å². The second-order valence-electron chi connectivity index (χ2n) is 6.51. The third-order valence-corrected chi connectivity index (χ3v) is 4.87. The molecule has 3 rings (SSSR count). The summed E-state index contributed by atoms with van der Waals surface area (Å²) in [6.45, 7) is 4.67. The standard InChI is InChI=1S/C18H25BrN2O2.ClH/c1-2-23-17-8-5-15(19)9-14(17)12-21(16-6-7-16)18(22)11-20-10-13-3-4-13;/h5,8-9,13,16,20H,2-4,6-7,10-12H2,1H3;1H. The summed E-state index contributed by atoms with van der Waals surface area (Å²) < 4.78 is 6.74. The third kappa shape index (κ3) is 5.64. The van der Waals surface area contributed by atoms with Crippen LogP contribution in [0.15, 0.2) is 22.7 Å². The predicted molar refractivity (Wildman–Crippen MR) is 102 cm³/mol. The number of carbonyl (C=O) groups is 1. The molecule has 24 heavy (non-hydrogen) atoms. The number of benzene rings is 1. The van der Waals surface area contributed by atoms with Crippen LogP contribution in [0.25, 0.3) is 0 Å². The van der Waals surface area contributed by atoms with E-state index in [-0.39, 0.29) is 18.3 Å². The van der Waals surface area contributed by atoms with Gasteiger partial charge in [0, 0.05) is 22.6 Å². The minimum Gasteiger partial charge on any atom is -0.494 e. The van der Waals surface area contributed by atoms with Crippen LogP contribution in [0.2, 0.25) is 0 Å². The van der Waals surface area contributed by atoms with E-state index in [1.54, 1.807) is 0 Å². The van der Waals surface area contributed by atoms with Crippen LogP contribution < -0.4 is 10.1 Å². The molecular formula is C18H26BrClN2O2. The second kappa shape index (κ2) is 9.07. The number of carbonyl (C=O) groups excluding carboxylic acids is 1. The van der Waals surface area contributed by atoms with Gasteiger partial charge in [-0.15, -0.1) is 12.4 Å². The maximum atomic E-state index is 12.6. The van der Waals surface area contributed by atoms with Gasteiger partial charge in [0.15, 0.2) is 0 Å². The summed E-state index contributed by atoms with van der Waals surface area (Å²) in [5, 5.41) is 3.32. The highest BCUT2D eigenvalue weighted by atomic mass is 79.9. The van der Waals surface area contributed by atoms with Crippen molar-refractivity contribution in [3.63, 3.8) is 0 Å². The third-order valence-electron chi connectivity index (χ3n) is 4.38. The van der Waals surface area contributed by atoms with E-state index in [4.69, 9.17) is 4.74 Å². The van der Waals surface area contributed by atoms with Crippen molar-refractivity contribution in [3.05, 3.63) is 28.2 Å². The fourth-order valence-corrected chi connectivity index (χ4v) is 3.17. The van der Waals surface area contributed by atoms with E-state index >= 15 is 0 Å². The summed E-state index contributed by atoms with van der Waals surface area (Å²) >= 11 is 3.52. The van der Waals surface area contributed by atoms with Gasteiger partial charge in [-0.3, -0.25) is 4.79 Å². The van der Waals surface area contributed by atoms with Crippen LogP contribution in [-0.4, -0.2) is 36.5 Å². The van der Waals surface area contributed by atoms with E-state index in [0.29, 0.717) is 25.7 Å². The number of hydrogen-bond acceptors (Lipinski definition) is 3. The Bertz CT molecular complexity index is 562. The number of halogens is 2. The quantitative estimate of drug-likeness (QED) is 0.665. The molecule has 0 radical (unpaired) electrons. The highest BCUT2D eigenvalue weighted by molar-refractivity contribution is 9.10. The summed E-state index contributed by atoms with van der Waals surface area (Å²) in [6, 6.07) is 6.42. The maximum Gasteiger partial charge on any atom is 0.237 e. The van der Waals surface area contributed by atoms with Crippen LogP contribution >= 0.6 is 28.3 Å². The molecule has 1 aromatic carbocycles. The van der Waals surface area contributed by atoms with E-state index in [2.05, 4.69) is 27.3 Å². The highest BCUT2D eigenvalue weighted by Crippen LogP contribution is 2.32. The van der Waals surface area contributed by atoms with Crippen molar-refractivity contribution in [1.29, 1.82) is 0 Å². The summed E-state index contributed by atoms with van der Waals surface area (Å²) in [5.74, 6) is 1.88. The molecule has 0 heterocycles. The van der Waals surface area contributed by atoms with Crippen LogP contribution in [0.3, 0.4) is 0 Å². The lowest BCUT2D eigenvalue weighted by Gasteiger charge is -2.24. The first-order valence-corrected chi connectivity index (χ1v) is 9.38. The number of ether oxygens (including phenoxy) is 1. The molecule has 0 bridgehead atoms. The van der Waals surface area contributed by atoms with Gasteiger partial charge in [0.2, 0.25) is 5.91 Å². The highest BCUT2D eigenvalue weighted by Gasteiger charge is 2.33. The minimum atomic E-state index is 0. The van der Waals surface area contributed by atoms with E-state index < -0.39 is 0 Å². The van der Waals surface area contributed by atoms with Crippen molar-refractivity contribution in [3.8, 4) is 5.75 Å². The Morgan fingerprint density at radius 1 is 1.33 bits per heavy atom. The first kappa shape index (κ1) is 19.5. The number of nitrogens with zero attached hydrogens (tertiary/aromatic N) is 1. The molecule has 0 aliphatic heterocycles. The van der Waals surface area contributed by atoms with Gasteiger partial charge < -0.3 is 15.0 Å². The molecule has 0 unspecified atom stereocenters. The number of rotatable bonds is 9. The van der Waals surface area contributed by atoms with Crippen LogP contribution in [-0.2, 0) is 11.3 Å². The minimum absolute atomic E-state index is 0. The van der Waals surface area contributed by atoms with Crippen molar-refractivity contribution in [1.82, 2.24) is 10.2 Å². The number of hydrogen-bond donors (Lipinski definition) is 1. The number of nitrogens with one attached hydrogen (secondary N) is 1. The van der Waals surface area contributed by atoms with Crippen molar-refractivity contribution < 1.29 is 9.53 Å². The molecule has 1 amide bonds. The van der Waals surface area contributed by atoms with E-state index in [0.717, 1.165) is 41.1 Å². The fourth-order valence-electron chi connectivity index (χ4n) is 2.77. The van der Waals surface area contributed by atoms with Crippen molar-refractivity contribution in [2.24, 2.45) is 5.92 Å². The van der Waals surface area contributed by atoms with Crippen LogP contribution in [0.4, 0.5) is 0 Å². The molecule has 0 saturated heterocycles. The first-order chi connectivity index (χ1) is 11.2. The summed E-state index contributed by atoms with van der Waals surface area (Å²) in [6.07, 6.45) is 4.85. The van der Waals surface area contributed by atoms with Crippen LogP contribution in [0.5, 0.6) is 5.75 Å². The molecule has 2 fully saturated rings. The summed E-state index contributed by atoms with van der Waals surface area (Å²) in [4.78, 5) is 14.6. The van der Waals surface area contributed by atoms with Gasteiger partial charge in [-0.1, -0.05) is 15.9 Å². The lowest BCUT2D eigenvalue weighted by molar-refractivity contribution is -0.131. The number of amides is 1. The maximum absolute atomic E-state index is 12.6.